The second-order valence-corrected chi connectivity index (χ2v) is 3230. The SMILES string of the molecule is II(I)I(I)I(I)I(I)I(I)I(I)I(I)I(I)I(I)I(I)I(I)I(I)I(I)I(I)I(I)I(I)I(I)I(I)I(I)I(I)I(I)I(I)I(I)I(I)I(I)I(I)I(I)I(I)I(I)I(I)I(I)I(I)I(I)I(I)I(I)I(I)I(I)I(I)I(I)I(I)I(I)I(I)I(I)I(I)I(I)I(I)I(I)I(I)I(I)I(I)I(I)I(I)I(I)I(I)I(I)I(I)I(I)I(I)I(I)I(I)I(I)I(I)I(I)I(I)I(I)I(I)I. The first-order valence-corrected chi connectivity index (χ1v) is 855. The summed E-state index contributed by atoms with van der Waals surface area (Å²) in [5, 5.41) is 0. The number of halogens is 134. The van der Waals surface area contributed by atoms with Gasteiger partial charge < -0.3 is 0 Å². The van der Waals surface area contributed by atoms with Crippen LogP contribution in [-0.4, -0.2) is 0 Å². The summed E-state index contributed by atoms with van der Waals surface area (Å²) in [6.07, 6.45) is 0. The van der Waals surface area contributed by atoms with Crippen molar-refractivity contribution in [3.63, 3.8) is 0 Å². The van der Waals surface area contributed by atoms with Crippen LogP contribution in [0.5, 0.6) is 0 Å². The zero-order valence-electron chi connectivity index (χ0n) is 50.6. The van der Waals surface area contributed by atoms with E-state index in [9.17, 15) is 0 Å². The Morgan fingerprint density at radius 3 is 0.0821 bits per heavy atom. The molecule has 134 heteroatoms. The van der Waals surface area contributed by atoms with Gasteiger partial charge >= 0.3 is 1790 Å². The van der Waals surface area contributed by atoms with Gasteiger partial charge in [-0.05, 0) is 0 Å². The van der Waals surface area contributed by atoms with E-state index in [0.29, 0.717) is 0 Å². The van der Waals surface area contributed by atoms with Gasteiger partial charge in [0.15, 0.2) is 0 Å². The molecule has 0 N–H and O–H groups in total. The molecule has 0 nitrogen and oxygen atoms in total. The van der Waals surface area contributed by atoms with Crippen molar-refractivity contribution in [2.75, 3.05) is 0 Å². The normalized spacial score (nSPS) is 19.3. The summed E-state index contributed by atoms with van der Waals surface area (Å²) in [5.74, 6) is 0. The van der Waals surface area contributed by atoms with Crippen LogP contribution in [0.15, 0.2) is 0 Å². The van der Waals surface area contributed by atoms with Gasteiger partial charge in [0.05, 0.1) is 0 Å². The maximum atomic E-state index is 3.51. The average molecular weight is 17000 g/mol. The van der Waals surface area contributed by atoms with Crippen molar-refractivity contribution in [1.29, 1.82) is 0 Å². The first kappa shape index (κ1) is 232. The van der Waals surface area contributed by atoms with Gasteiger partial charge in [-0.1, -0.05) is 0 Å². The van der Waals surface area contributed by atoms with Gasteiger partial charge in [0.25, 0.3) is 0 Å². The molecule has 0 aromatic carbocycles. The standard InChI is InChI=1S/I134/c1-69(2)71(5)73(7)75(9)77(11)79(13)81(15)83(17)85(19)87(21)89(23)91(25)93(27)95(29)97(31)99(33)101(35)103(37)105(39)107(41)109(43)111(45)113(47)115(49)117(51)119(53)121(55)123(57)125(59)127(61)129(63)131(65)133(67)134(68)132(66)130(64)128(62)126(60)124(58)122(56)120(54)118(52)116(50)114(48)112(46)110(44)108(42)106(40)104(38)102(36)100(34)98(32)96(30)94(28)92(26)90(24)88(22)86(20)84(18)82(16)80(14)78(12)76(10)74(8)72(6)70(3)4. The molecule has 0 radical (unpaired) electrons. The second kappa shape index (κ2) is 139. The Labute approximate surface area is 1680 Å². The third kappa shape index (κ3) is 94.0. The first-order chi connectivity index (χ1) is 60.9. The Morgan fingerprint density at radius 2 is 0.0597 bits per heavy atom. The fraction of sp³-hybridized carbons (Fsp3) is 0. The first-order valence-electron chi connectivity index (χ1n) is 19.0. The van der Waals surface area contributed by atoms with Crippen molar-refractivity contribution < 1.29 is 0 Å². The number of hydrogen-bond donors (Lipinski definition) is 0. The summed E-state index contributed by atoms with van der Waals surface area (Å²) < 4.78 is 0. The second-order valence-electron chi connectivity index (χ2n) is 10.7. The van der Waals surface area contributed by atoms with Gasteiger partial charge in [-0.3, -0.25) is 0 Å². The maximum absolute atomic E-state index is 3.51. The van der Waals surface area contributed by atoms with Crippen LogP contribution in [0.1, 0.15) is 0 Å². The molecule has 938 valence electrons. The third-order valence-corrected chi connectivity index (χ3v) is 10700. The van der Waals surface area contributed by atoms with Crippen molar-refractivity contribution in [3.8, 4) is 0 Å². The molecular weight excluding hydrogens is 17000 g/mol. The molecule has 0 rings (SSSR count). The predicted octanol–water partition coefficient (Wildman–Crippen LogP) is 119. The topological polar surface area (TPSA) is 0 Å². The fourth-order valence-electron chi connectivity index (χ4n) is 1.97. The molecule has 134 heavy (non-hydrogen) atoms. The molecule has 0 aromatic rings. The molecule has 0 unspecified atom stereocenters. The summed E-state index contributed by atoms with van der Waals surface area (Å²) in [6, 6.07) is 0. The van der Waals surface area contributed by atoms with E-state index in [1.54, 1.807) is 0 Å². The van der Waals surface area contributed by atoms with Gasteiger partial charge in [0, 0.05) is 0 Å². The molecular formula is I134. The van der Waals surface area contributed by atoms with E-state index in [2.05, 4.69) is 1270 Å². The van der Waals surface area contributed by atoms with E-state index in [1.807, 2.05) is 0 Å². The van der Waals surface area contributed by atoms with Crippen LogP contribution in [0.4, 0.5) is 0 Å². The van der Waals surface area contributed by atoms with Gasteiger partial charge in [0.2, 0.25) is 0 Å². The van der Waals surface area contributed by atoms with Gasteiger partial charge in [0.1, 0.15) is 0 Å². The van der Waals surface area contributed by atoms with E-state index >= 15 is 0 Å². The Kier molecular flexibility index (Phi) is 241. The molecule has 0 aliphatic carbocycles. The molecule has 0 fully saturated rings. The van der Waals surface area contributed by atoms with Crippen LogP contribution < -0.4 is 0 Å². The molecule has 0 saturated heterocycles. The zero-order chi connectivity index (χ0) is 106. The minimum atomic E-state index is -0.685. The van der Waals surface area contributed by atoms with Gasteiger partial charge in [-0.2, -0.15) is 0 Å². The van der Waals surface area contributed by atoms with Crippen LogP contribution in [0.25, 0.3) is 0 Å². The Bertz CT molecular complexity index is 2630. The average Bonchev–Trinajstić information content (AvgIpc) is 0.832. The van der Waals surface area contributed by atoms with E-state index in [1.165, 1.54) is 0 Å². The Hall–Kier alpha value is 97.8. The monoisotopic (exact) mass is 17000 g/mol. The van der Waals surface area contributed by atoms with Crippen LogP contribution in [0, 0.1) is 0 Å². The summed E-state index contributed by atoms with van der Waals surface area (Å²) in [4.78, 5) is 0. The minimum absolute atomic E-state index is 0.498. The van der Waals surface area contributed by atoms with E-state index in [4.69, 9.17) is 0 Å². The summed E-state index contributed by atoms with van der Waals surface area (Å²) >= 11 is 233. The molecule has 0 heterocycles. The number of rotatable bonds is 65. The molecule has 0 amide bonds. The number of hydrogen-bond acceptors (Lipinski definition) is 0. The molecule has 0 aliphatic rings. The Morgan fingerprint density at radius 1 is 0.0373 bits per heavy atom. The van der Waals surface area contributed by atoms with Crippen LogP contribution in [0.2, 0.25) is 0 Å². The van der Waals surface area contributed by atoms with Crippen molar-refractivity contribution in [2.24, 2.45) is 0 Å². The van der Waals surface area contributed by atoms with Crippen molar-refractivity contribution in [3.05, 3.63) is 0 Å². The van der Waals surface area contributed by atoms with Crippen molar-refractivity contribution >= 4 is 1790 Å². The molecule has 0 bridgehead atoms. The summed E-state index contributed by atoms with van der Waals surface area (Å²) in [5.41, 5.74) is 0. The van der Waals surface area contributed by atoms with Gasteiger partial charge in [-0.15, -0.1) is 0 Å². The summed E-state index contributed by atoms with van der Waals surface area (Å²) in [7, 11) is -42.2. The Balaban J connectivity index is 5.99. The van der Waals surface area contributed by atoms with Crippen LogP contribution >= 0.6 is 1790 Å². The molecule has 0 aromatic heterocycles. The summed E-state index contributed by atoms with van der Waals surface area (Å²) in [6.45, 7) is 0. The van der Waals surface area contributed by atoms with Crippen LogP contribution in [-0.2, 0) is 0 Å². The van der Waals surface area contributed by atoms with Gasteiger partial charge in [-0.25, -0.2) is 0 Å². The third-order valence-electron chi connectivity index (χ3n) is 5.31. The quantitative estimate of drug-likeness (QED) is 0.0533. The molecule has 0 aliphatic heterocycles. The van der Waals surface area contributed by atoms with Crippen LogP contribution in [0.3, 0.4) is 0 Å². The predicted molar refractivity (Wildman–Crippen MR) is 1880 cm³/mol. The van der Waals surface area contributed by atoms with Crippen molar-refractivity contribution in [1.82, 2.24) is 0 Å². The molecule has 0 atom stereocenters. The molecule has 0 spiro atoms. The van der Waals surface area contributed by atoms with E-state index in [0.717, 1.165) is 0 Å². The zero-order valence-corrected chi connectivity index (χ0v) is 340. The fourth-order valence-corrected chi connectivity index (χ4v) is 26800. The van der Waals surface area contributed by atoms with E-state index < -0.39 is 521 Å². The van der Waals surface area contributed by atoms with Crippen molar-refractivity contribution in [2.45, 2.75) is 0 Å². The van der Waals surface area contributed by atoms with E-state index in [-0.39, 0.29) is 0 Å². The molecule has 0 saturated carbocycles.